The van der Waals surface area contributed by atoms with Crippen molar-refractivity contribution in [3.8, 4) is 11.1 Å². The Morgan fingerprint density at radius 3 is 2.09 bits per heavy atom. The summed E-state index contributed by atoms with van der Waals surface area (Å²) in [7, 11) is 0. The molecule has 0 radical (unpaired) electrons. The topological polar surface area (TPSA) is 49.7 Å². The van der Waals surface area contributed by atoms with E-state index in [9.17, 15) is 4.79 Å². The Balaban J connectivity index is 1.83. The molecule has 0 spiro atoms. The van der Waals surface area contributed by atoms with Gasteiger partial charge in [-0.3, -0.25) is 4.99 Å². The Morgan fingerprint density at radius 1 is 0.783 bits per heavy atom. The monoisotopic (exact) mass is 301 g/mol. The first-order valence-corrected chi connectivity index (χ1v) is 7.26. The van der Waals surface area contributed by atoms with Gasteiger partial charge in [-0.2, -0.15) is 0 Å². The van der Waals surface area contributed by atoms with Crippen LogP contribution in [-0.4, -0.2) is 17.3 Å². The summed E-state index contributed by atoms with van der Waals surface area (Å²) in [5.41, 5.74) is 3.86. The highest BCUT2D eigenvalue weighted by molar-refractivity contribution is 5.95. The third-order valence-electron chi connectivity index (χ3n) is 3.50. The van der Waals surface area contributed by atoms with Crippen LogP contribution in [-0.2, 0) is 0 Å². The molecule has 0 aliphatic rings. The Morgan fingerprint density at radius 2 is 1.39 bits per heavy atom. The molecule has 0 fully saturated rings. The van der Waals surface area contributed by atoms with Crippen LogP contribution in [0.5, 0.6) is 0 Å². The predicted octanol–water partition coefficient (Wildman–Crippen LogP) is 4.80. The average molecular weight is 301 g/mol. The van der Waals surface area contributed by atoms with Crippen LogP contribution >= 0.6 is 0 Å². The summed E-state index contributed by atoms with van der Waals surface area (Å²) >= 11 is 0. The number of aliphatic imine (C=N–C) groups is 1. The van der Waals surface area contributed by atoms with Crippen molar-refractivity contribution in [1.82, 2.24) is 0 Å². The number of rotatable bonds is 4. The molecule has 0 bridgehead atoms. The molecule has 0 heterocycles. The van der Waals surface area contributed by atoms with Crippen molar-refractivity contribution >= 4 is 17.9 Å². The van der Waals surface area contributed by atoms with Crippen LogP contribution in [0, 0.1) is 0 Å². The first-order chi connectivity index (χ1) is 11.2. The number of carboxylic acids is 1. The maximum Gasteiger partial charge on any atom is 0.337 e. The SMILES string of the molecule is O=C(O)c1ccccc1N=Cc1ccc(-c2ccccc2)cc1. The highest BCUT2D eigenvalue weighted by atomic mass is 16.4. The number of para-hydroxylation sites is 1. The highest BCUT2D eigenvalue weighted by Gasteiger charge is 2.07. The van der Waals surface area contributed by atoms with Gasteiger partial charge in [-0.05, 0) is 28.8 Å². The zero-order valence-electron chi connectivity index (χ0n) is 12.4. The molecule has 0 saturated heterocycles. The van der Waals surface area contributed by atoms with E-state index in [0.717, 1.165) is 16.7 Å². The van der Waals surface area contributed by atoms with Crippen LogP contribution in [0.2, 0.25) is 0 Å². The fraction of sp³-hybridized carbons (Fsp3) is 0. The summed E-state index contributed by atoms with van der Waals surface area (Å²) < 4.78 is 0. The van der Waals surface area contributed by atoms with Gasteiger partial charge in [0.05, 0.1) is 11.3 Å². The summed E-state index contributed by atoms with van der Waals surface area (Å²) in [6.07, 6.45) is 1.68. The first kappa shape index (κ1) is 14.7. The molecule has 0 atom stereocenters. The van der Waals surface area contributed by atoms with E-state index in [2.05, 4.69) is 17.1 Å². The Labute approximate surface area is 134 Å². The van der Waals surface area contributed by atoms with E-state index in [1.807, 2.05) is 42.5 Å². The van der Waals surface area contributed by atoms with E-state index in [4.69, 9.17) is 5.11 Å². The maximum absolute atomic E-state index is 11.2. The molecule has 3 nitrogen and oxygen atoms in total. The molecule has 3 aromatic carbocycles. The number of carboxylic acid groups (broad SMARTS) is 1. The molecule has 112 valence electrons. The molecule has 0 aliphatic heterocycles. The van der Waals surface area contributed by atoms with Crippen molar-refractivity contribution in [2.24, 2.45) is 4.99 Å². The van der Waals surface area contributed by atoms with Gasteiger partial charge in [0.15, 0.2) is 0 Å². The lowest BCUT2D eigenvalue weighted by Crippen LogP contribution is -1.96. The molecule has 0 saturated carbocycles. The lowest BCUT2D eigenvalue weighted by Gasteiger charge is -2.02. The standard InChI is InChI=1S/C20H15NO2/c22-20(23)18-8-4-5-9-19(18)21-14-15-10-12-17(13-11-15)16-6-2-1-3-7-16/h1-14H,(H,22,23). The molecule has 0 unspecified atom stereocenters. The van der Waals surface area contributed by atoms with E-state index in [1.165, 1.54) is 0 Å². The molecule has 3 aromatic rings. The van der Waals surface area contributed by atoms with E-state index < -0.39 is 5.97 Å². The minimum Gasteiger partial charge on any atom is -0.478 e. The number of hydrogen-bond acceptors (Lipinski definition) is 2. The second-order valence-electron chi connectivity index (χ2n) is 5.07. The van der Waals surface area contributed by atoms with Crippen molar-refractivity contribution in [3.63, 3.8) is 0 Å². The number of nitrogens with zero attached hydrogens (tertiary/aromatic N) is 1. The molecule has 1 N–H and O–H groups in total. The van der Waals surface area contributed by atoms with Crippen LogP contribution < -0.4 is 0 Å². The van der Waals surface area contributed by atoms with Gasteiger partial charge in [0.25, 0.3) is 0 Å². The second kappa shape index (κ2) is 6.71. The van der Waals surface area contributed by atoms with E-state index in [1.54, 1.807) is 30.5 Å². The summed E-state index contributed by atoms with van der Waals surface area (Å²) in [6.45, 7) is 0. The zero-order chi connectivity index (χ0) is 16.1. The van der Waals surface area contributed by atoms with Crippen molar-refractivity contribution < 1.29 is 9.90 Å². The van der Waals surface area contributed by atoms with Gasteiger partial charge >= 0.3 is 5.97 Å². The van der Waals surface area contributed by atoms with Crippen molar-refractivity contribution in [3.05, 3.63) is 90.0 Å². The second-order valence-corrected chi connectivity index (χ2v) is 5.07. The van der Waals surface area contributed by atoms with E-state index >= 15 is 0 Å². The fourth-order valence-corrected chi connectivity index (χ4v) is 2.30. The Kier molecular flexibility index (Phi) is 4.29. The first-order valence-electron chi connectivity index (χ1n) is 7.26. The molecule has 3 rings (SSSR count). The Hall–Kier alpha value is -3.20. The van der Waals surface area contributed by atoms with Gasteiger partial charge in [0, 0.05) is 6.21 Å². The van der Waals surface area contributed by atoms with E-state index in [0.29, 0.717) is 5.69 Å². The third kappa shape index (κ3) is 3.52. The molecular formula is C20H15NO2. The largest absolute Gasteiger partial charge is 0.478 e. The predicted molar refractivity (Wildman–Crippen MR) is 92.5 cm³/mol. The zero-order valence-corrected chi connectivity index (χ0v) is 12.4. The lowest BCUT2D eigenvalue weighted by molar-refractivity contribution is 0.0698. The normalized spacial score (nSPS) is 10.8. The van der Waals surface area contributed by atoms with E-state index in [-0.39, 0.29) is 5.56 Å². The fourth-order valence-electron chi connectivity index (χ4n) is 2.30. The van der Waals surface area contributed by atoms with Gasteiger partial charge in [0.2, 0.25) is 0 Å². The molecular weight excluding hydrogens is 286 g/mol. The molecule has 0 aliphatic carbocycles. The van der Waals surface area contributed by atoms with Crippen LogP contribution in [0.15, 0.2) is 83.9 Å². The minimum absolute atomic E-state index is 0.199. The summed E-state index contributed by atoms with van der Waals surface area (Å²) in [6, 6.07) is 24.8. The Bertz CT molecular complexity index is 837. The van der Waals surface area contributed by atoms with Gasteiger partial charge in [-0.25, -0.2) is 4.79 Å². The maximum atomic E-state index is 11.2. The number of hydrogen-bond donors (Lipinski definition) is 1. The van der Waals surface area contributed by atoms with Crippen molar-refractivity contribution in [2.45, 2.75) is 0 Å². The van der Waals surface area contributed by atoms with Crippen LogP contribution in [0.3, 0.4) is 0 Å². The average Bonchev–Trinajstić information content (AvgIpc) is 2.61. The number of benzene rings is 3. The highest BCUT2D eigenvalue weighted by Crippen LogP contribution is 2.20. The molecule has 0 aromatic heterocycles. The van der Waals surface area contributed by atoms with Crippen LogP contribution in [0.1, 0.15) is 15.9 Å². The molecule has 3 heteroatoms. The van der Waals surface area contributed by atoms with Gasteiger partial charge < -0.3 is 5.11 Å². The minimum atomic E-state index is -0.975. The summed E-state index contributed by atoms with van der Waals surface area (Å²) in [5.74, 6) is -0.975. The summed E-state index contributed by atoms with van der Waals surface area (Å²) in [5, 5.41) is 9.15. The molecule has 0 amide bonds. The van der Waals surface area contributed by atoms with Crippen LogP contribution in [0.25, 0.3) is 11.1 Å². The van der Waals surface area contributed by atoms with Crippen LogP contribution in [0.4, 0.5) is 5.69 Å². The smallest absolute Gasteiger partial charge is 0.337 e. The molecule has 23 heavy (non-hydrogen) atoms. The number of aromatic carboxylic acids is 1. The summed E-state index contributed by atoms with van der Waals surface area (Å²) in [4.78, 5) is 15.5. The number of carbonyl (C=O) groups is 1. The van der Waals surface area contributed by atoms with Gasteiger partial charge in [-0.1, -0.05) is 66.7 Å². The van der Waals surface area contributed by atoms with Gasteiger partial charge in [0.1, 0.15) is 0 Å². The third-order valence-corrected chi connectivity index (χ3v) is 3.50. The van der Waals surface area contributed by atoms with Crippen molar-refractivity contribution in [2.75, 3.05) is 0 Å². The van der Waals surface area contributed by atoms with Crippen molar-refractivity contribution in [1.29, 1.82) is 0 Å². The lowest BCUT2D eigenvalue weighted by atomic mass is 10.0. The quantitative estimate of drug-likeness (QED) is 0.703. The van der Waals surface area contributed by atoms with Gasteiger partial charge in [-0.15, -0.1) is 0 Å².